The molecule has 1 amide bonds. The van der Waals surface area contributed by atoms with Gasteiger partial charge in [-0.3, -0.25) is 14.9 Å². The van der Waals surface area contributed by atoms with Crippen molar-refractivity contribution >= 4 is 49.9 Å². The van der Waals surface area contributed by atoms with E-state index in [0.29, 0.717) is 20.4 Å². The van der Waals surface area contributed by atoms with Gasteiger partial charge in [0, 0.05) is 23.0 Å². The van der Waals surface area contributed by atoms with Gasteiger partial charge in [0.2, 0.25) is 0 Å². The van der Waals surface area contributed by atoms with Crippen LogP contribution < -0.4 is 15.8 Å². The molecular weight excluding hydrogens is 426 g/mol. The second kappa shape index (κ2) is 7.60. The minimum atomic E-state index is -3.03. The number of alkyl halides is 2. The zero-order valence-electron chi connectivity index (χ0n) is 14.3. The summed E-state index contributed by atoms with van der Waals surface area (Å²) >= 11 is 7.20. The van der Waals surface area contributed by atoms with E-state index < -0.39 is 12.5 Å². The van der Waals surface area contributed by atoms with Crippen LogP contribution in [0.5, 0.6) is 5.75 Å². The van der Waals surface area contributed by atoms with Crippen molar-refractivity contribution in [3.8, 4) is 17.0 Å². The molecular formula is C17H11ClF2N6O2S. The van der Waals surface area contributed by atoms with Gasteiger partial charge in [0.15, 0.2) is 5.13 Å². The second-order valence-corrected chi connectivity index (χ2v) is 7.22. The fraction of sp³-hybridized carbons (Fsp3) is 0.0588. The maximum atomic E-state index is 12.8. The van der Waals surface area contributed by atoms with E-state index in [9.17, 15) is 13.6 Å². The first kappa shape index (κ1) is 19.0. The molecule has 0 unspecified atom stereocenters. The van der Waals surface area contributed by atoms with Crippen molar-refractivity contribution < 1.29 is 18.3 Å². The summed E-state index contributed by atoms with van der Waals surface area (Å²) < 4.78 is 30.7. The van der Waals surface area contributed by atoms with Gasteiger partial charge in [-0.15, -0.1) is 0 Å². The standard InChI is InChI=1S/C17H11ClF2N6O2S/c18-7-1-2-11(28-16(19)20)8(3-7)13-10(5-23-26-13)24-15(27)9-4-22-6-12-14(9)25-17(21)29-12/h1-6,16H,(H2,21,25)(H,23,26)(H,24,27). The van der Waals surface area contributed by atoms with Gasteiger partial charge < -0.3 is 15.8 Å². The molecule has 0 aliphatic heterocycles. The summed E-state index contributed by atoms with van der Waals surface area (Å²) in [5.74, 6) is -0.644. The Morgan fingerprint density at radius 2 is 2.14 bits per heavy atom. The largest absolute Gasteiger partial charge is 0.434 e. The Morgan fingerprint density at radius 3 is 2.93 bits per heavy atom. The monoisotopic (exact) mass is 436 g/mol. The quantitative estimate of drug-likeness (QED) is 0.432. The average Bonchev–Trinajstić information content (AvgIpc) is 3.27. The molecule has 0 bridgehead atoms. The van der Waals surface area contributed by atoms with E-state index in [2.05, 4.69) is 30.2 Å². The maximum Gasteiger partial charge on any atom is 0.387 e. The smallest absolute Gasteiger partial charge is 0.387 e. The van der Waals surface area contributed by atoms with E-state index in [1.165, 1.54) is 41.9 Å². The molecule has 4 N–H and O–H groups in total. The first-order valence-corrected chi connectivity index (χ1v) is 9.21. The lowest BCUT2D eigenvalue weighted by Gasteiger charge is -2.12. The molecule has 0 aliphatic rings. The van der Waals surface area contributed by atoms with Crippen molar-refractivity contribution in [2.24, 2.45) is 0 Å². The highest BCUT2D eigenvalue weighted by atomic mass is 35.5. The number of carbonyl (C=O) groups excluding carboxylic acids is 1. The predicted molar refractivity (Wildman–Crippen MR) is 105 cm³/mol. The summed E-state index contributed by atoms with van der Waals surface area (Å²) in [5, 5.41) is 9.82. The zero-order chi connectivity index (χ0) is 20.5. The third-order valence-corrected chi connectivity index (χ3v) is 4.93. The van der Waals surface area contributed by atoms with Crippen LogP contribution in [-0.4, -0.2) is 32.7 Å². The number of ether oxygens (including phenoxy) is 1. The summed E-state index contributed by atoms with van der Waals surface area (Å²) in [6, 6.07) is 4.14. The van der Waals surface area contributed by atoms with Gasteiger partial charge in [0.25, 0.3) is 5.91 Å². The van der Waals surface area contributed by atoms with E-state index >= 15 is 0 Å². The molecule has 8 nitrogen and oxygen atoms in total. The normalized spacial score (nSPS) is 11.2. The van der Waals surface area contributed by atoms with Crippen LogP contribution in [0, 0.1) is 0 Å². The molecule has 0 spiro atoms. The third kappa shape index (κ3) is 3.82. The maximum absolute atomic E-state index is 12.8. The highest BCUT2D eigenvalue weighted by molar-refractivity contribution is 7.22. The van der Waals surface area contributed by atoms with Crippen LogP contribution in [0.2, 0.25) is 5.02 Å². The van der Waals surface area contributed by atoms with Crippen LogP contribution in [-0.2, 0) is 0 Å². The SMILES string of the molecule is Nc1nc2c(C(=O)Nc3cn[nH]c3-c3cc(Cl)ccc3OC(F)F)cncc2s1. The highest BCUT2D eigenvalue weighted by Gasteiger charge is 2.20. The van der Waals surface area contributed by atoms with Crippen LogP contribution in [0.3, 0.4) is 0 Å². The molecule has 0 atom stereocenters. The number of aromatic amines is 1. The molecule has 0 saturated carbocycles. The van der Waals surface area contributed by atoms with Crippen molar-refractivity contribution in [1.82, 2.24) is 20.2 Å². The average molecular weight is 437 g/mol. The molecule has 148 valence electrons. The predicted octanol–water partition coefficient (Wildman–Crippen LogP) is 4.17. The number of benzene rings is 1. The Balaban J connectivity index is 1.70. The number of thiazole rings is 1. The molecule has 3 heterocycles. The van der Waals surface area contributed by atoms with E-state index in [1.807, 2.05) is 0 Å². The van der Waals surface area contributed by atoms with E-state index in [-0.39, 0.29) is 28.3 Å². The summed E-state index contributed by atoms with van der Waals surface area (Å²) in [4.78, 5) is 21.0. The molecule has 1 aromatic carbocycles. The minimum absolute atomic E-state index is 0.125. The molecule has 29 heavy (non-hydrogen) atoms. The van der Waals surface area contributed by atoms with Gasteiger partial charge in [0.1, 0.15) is 5.75 Å². The number of hydrogen-bond acceptors (Lipinski definition) is 7. The number of nitrogens with one attached hydrogen (secondary N) is 2. The number of pyridine rings is 1. The molecule has 0 fully saturated rings. The van der Waals surface area contributed by atoms with Gasteiger partial charge in [-0.2, -0.15) is 13.9 Å². The lowest BCUT2D eigenvalue weighted by atomic mass is 10.1. The molecule has 4 rings (SSSR count). The van der Waals surface area contributed by atoms with E-state index in [0.717, 1.165) is 0 Å². The van der Waals surface area contributed by atoms with Crippen LogP contribution in [0.4, 0.5) is 19.6 Å². The summed E-state index contributed by atoms with van der Waals surface area (Å²) in [7, 11) is 0. The molecule has 0 radical (unpaired) electrons. The molecule has 3 aromatic heterocycles. The number of carbonyl (C=O) groups is 1. The van der Waals surface area contributed by atoms with Crippen LogP contribution in [0.25, 0.3) is 21.5 Å². The number of amides is 1. The van der Waals surface area contributed by atoms with Gasteiger partial charge in [0.05, 0.1) is 33.4 Å². The zero-order valence-corrected chi connectivity index (χ0v) is 15.9. The lowest BCUT2D eigenvalue weighted by Crippen LogP contribution is -2.13. The molecule has 0 aliphatic carbocycles. The van der Waals surface area contributed by atoms with Gasteiger partial charge in [-0.05, 0) is 18.2 Å². The van der Waals surface area contributed by atoms with Gasteiger partial charge in [-0.1, -0.05) is 22.9 Å². The van der Waals surface area contributed by atoms with Gasteiger partial charge >= 0.3 is 6.61 Å². The first-order valence-electron chi connectivity index (χ1n) is 8.02. The molecule has 4 aromatic rings. The number of aromatic nitrogens is 4. The van der Waals surface area contributed by atoms with Crippen LogP contribution in [0.1, 0.15) is 10.4 Å². The van der Waals surface area contributed by atoms with Crippen LogP contribution >= 0.6 is 22.9 Å². The van der Waals surface area contributed by atoms with Gasteiger partial charge in [-0.25, -0.2) is 4.98 Å². The third-order valence-electron chi connectivity index (χ3n) is 3.88. The Morgan fingerprint density at radius 1 is 1.31 bits per heavy atom. The summed E-state index contributed by atoms with van der Waals surface area (Å²) in [5.41, 5.74) is 7.02. The fourth-order valence-corrected chi connectivity index (χ4v) is 3.61. The number of fused-ring (bicyclic) bond motifs is 1. The number of H-pyrrole nitrogens is 1. The number of nitrogen functional groups attached to an aromatic ring is 1. The number of hydrogen-bond donors (Lipinski definition) is 3. The van der Waals surface area contributed by atoms with Crippen molar-refractivity contribution in [3.63, 3.8) is 0 Å². The molecule has 0 saturated heterocycles. The number of nitrogens with zero attached hydrogens (tertiary/aromatic N) is 3. The summed E-state index contributed by atoms with van der Waals surface area (Å²) in [6.45, 7) is -3.03. The van der Waals surface area contributed by atoms with Crippen molar-refractivity contribution in [1.29, 1.82) is 0 Å². The lowest BCUT2D eigenvalue weighted by molar-refractivity contribution is -0.0494. The van der Waals surface area contributed by atoms with Crippen molar-refractivity contribution in [3.05, 3.63) is 47.4 Å². The Labute approximate surface area is 170 Å². The fourth-order valence-electron chi connectivity index (χ4n) is 2.71. The second-order valence-electron chi connectivity index (χ2n) is 5.72. The topological polar surface area (TPSA) is 119 Å². The van der Waals surface area contributed by atoms with E-state index in [1.54, 1.807) is 6.20 Å². The van der Waals surface area contributed by atoms with Crippen molar-refractivity contribution in [2.45, 2.75) is 6.61 Å². The number of nitrogens with two attached hydrogens (primary N) is 1. The first-order chi connectivity index (χ1) is 13.9. The number of anilines is 2. The Kier molecular flexibility index (Phi) is 4.99. The van der Waals surface area contributed by atoms with E-state index in [4.69, 9.17) is 17.3 Å². The Bertz CT molecular complexity index is 1210. The van der Waals surface area contributed by atoms with Crippen LogP contribution in [0.15, 0.2) is 36.8 Å². The number of halogens is 3. The van der Waals surface area contributed by atoms with Crippen molar-refractivity contribution in [2.75, 3.05) is 11.1 Å². The minimum Gasteiger partial charge on any atom is -0.434 e. The Hall–Kier alpha value is -3.31. The number of rotatable bonds is 5. The highest BCUT2D eigenvalue weighted by Crippen LogP contribution is 2.36. The molecule has 12 heteroatoms. The summed E-state index contributed by atoms with van der Waals surface area (Å²) in [6.07, 6.45) is 4.26.